The number of carbonyl (C=O) groups excluding carboxylic acids is 1. The lowest BCUT2D eigenvalue weighted by molar-refractivity contribution is -0.122. The maximum atomic E-state index is 10.8. The Balaban J connectivity index is 2.23. The number of amides is 1. The Morgan fingerprint density at radius 3 is 2.54 bits per heavy atom. The molecule has 1 rings (SSSR count). The van der Waals surface area contributed by atoms with E-state index in [4.69, 9.17) is 11.0 Å². The molecule has 72 valence electrons. The maximum Gasteiger partial charge on any atom is 0.220 e. The van der Waals surface area contributed by atoms with E-state index in [1.165, 1.54) is 0 Å². The number of nitriles is 1. The lowest BCUT2D eigenvalue weighted by Crippen LogP contribution is -2.36. The first-order valence-electron chi connectivity index (χ1n) is 4.63. The lowest BCUT2D eigenvalue weighted by Gasteiger charge is -2.26. The van der Waals surface area contributed by atoms with E-state index in [9.17, 15) is 4.79 Å². The summed E-state index contributed by atoms with van der Waals surface area (Å²) in [6.07, 6.45) is 3.63. The lowest BCUT2D eigenvalue weighted by atomic mass is 9.86. The fourth-order valence-corrected chi connectivity index (χ4v) is 1.77. The molecule has 0 aromatic carbocycles. The SMILES string of the molecule is N#CCNC1CCC(C(N)=O)CC1. The van der Waals surface area contributed by atoms with Gasteiger partial charge < -0.3 is 11.1 Å². The van der Waals surface area contributed by atoms with Gasteiger partial charge in [0.05, 0.1) is 12.6 Å². The molecule has 1 amide bonds. The molecule has 0 unspecified atom stereocenters. The Kier molecular flexibility index (Phi) is 3.71. The Labute approximate surface area is 78.1 Å². The second-order valence-corrected chi connectivity index (χ2v) is 3.49. The van der Waals surface area contributed by atoms with E-state index in [-0.39, 0.29) is 11.8 Å². The summed E-state index contributed by atoms with van der Waals surface area (Å²) < 4.78 is 0. The van der Waals surface area contributed by atoms with Gasteiger partial charge in [0, 0.05) is 12.0 Å². The van der Waals surface area contributed by atoms with Gasteiger partial charge in [0.25, 0.3) is 0 Å². The monoisotopic (exact) mass is 181 g/mol. The van der Waals surface area contributed by atoms with Crippen LogP contribution in [-0.4, -0.2) is 18.5 Å². The molecule has 0 bridgehead atoms. The summed E-state index contributed by atoms with van der Waals surface area (Å²) in [5, 5.41) is 11.5. The van der Waals surface area contributed by atoms with Crippen LogP contribution in [0.15, 0.2) is 0 Å². The van der Waals surface area contributed by atoms with E-state index < -0.39 is 0 Å². The van der Waals surface area contributed by atoms with E-state index in [1.807, 2.05) is 6.07 Å². The van der Waals surface area contributed by atoms with Gasteiger partial charge in [-0.2, -0.15) is 5.26 Å². The van der Waals surface area contributed by atoms with Gasteiger partial charge in [-0.05, 0) is 25.7 Å². The molecule has 3 N–H and O–H groups in total. The molecule has 13 heavy (non-hydrogen) atoms. The summed E-state index contributed by atoms with van der Waals surface area (Å²) in [7, 11) is 0. The molecule has 1 aliphatic carbocycles. The van der Waals surface area contributed by atoms with E-state index in [2.05, 4.69) is 5.32 Å². The maximum absolute atomic E-state index is 10.8. The summed E-state index contributed by atoms with van der Waals surface area (Å²) in [5.41, 5.74) is 5.20. The van der Waals surface area contributed by atoms with Crippen LogP contribution in [0.2, 0.25) is 0 Å². The normalized spacial score (nSPS) is 27.9. The Bertz CT molecular complexity index is 213. The highest BCUT2D eigenvalue weighted by atomic mass is 16.1. The first kappa shape index (κ1) is 10.0. The standard InChI is InChI=1S/C9H15N3O/c10-5-6-12-8-3-1-7(2-4-8)9(11)13/h7-8,12H,1-4,6H2,(H2,11,13). The van der Waals surface area contributed by atoms with Gasteiger partial charge in [0.2, 0.25) is 5.91 Å². The van der Waals surface area contributed by atoms with Crippen LogP contribution in [0.5, 0.6) is 0 Å². The molecular weight excluding hydrogens is 166 g/mol. The van der Waals surface area contributed by atoms with E-state index in [1.54, 1.807) is 0 Å². The van der Waals surface area contributed by atoms with Crippen molar-refractivity contribution in [3.8, 4) is 6.07 Å². The summed E-state index contributed by atoms with van der Waals surface area (Å²) >= 11 is 0. The second kappa shape index (κ2) is 4.83. The predicted octanol–water partition coefficient (Wildman–Crippen LogP) is 0.144. The topological polar surface area (TPSA) is 78.9 Å². The van der Waals surface area contributed by atoms with Gasteiger partial charge in [-0.25, -0.2) is 0 Å². The van der Waals surface area contributed by atoms with E-state index in [0.29, 0.717) is 12.6 Å². The first-order valence-corrected chi connectivity index (χ1v) is 4.63. The number of nitrogens with one attached hydrogen (secondary N) is 1. The molecule has 4 heteroatoms. The minimum absolute atomic E-state index is 0.0557. The van der Waals surface area contributed by atoms with E-state index >= 15 is 0 Å². The number of hydrogen-bond donors (Lipinski definition) is 2. The van der Waals surface area contributed by atoms with Gasteiger partial charge in [-0.3, -0.25) is 4.79 Å². The predicted molar refractivity (Wildman–Crippen MR) is 48.6 cm³/mol. The van der Waals surface area contributed by atoms with Crippen LogP contribution in [0.25, 0.3) is 0 Å². The first-order chi connectivity index (χ1) is 6.24. The highest BCUT2D eigenvalue weighted by molar-refractivity contribution is 5.76. The number of nitrogens with zero attached hydrogens (tertiary/aromatic N) is 1. The molecule has 0 aromatic rings. The molecule has 0 saturated heterocycles. The van der Waals surface area contributed by atoms with Gasteiger partial charge in [-0.1, -0.05) is 0 Å². The average molecular weight is 181 g/mol. The zero-order chi connectivity index (χ0) is 9.68. The van der Waals surface area contributed by atoms with Crippen molar-refractivity contribution in [2.24, 2.45) is 11.7 Å². The van der Waals surface area contributed by atoms with Crippen molar-refractivity contribution in [3.05, 3.63) is 0 Å². The zero-order valence-corrected chi connectivity index (χ0v) is 7.62. The smallest absolute Gasteiger partial charge is 0.220 e. The van der Waals surface area contributed by atoms with E-state index in [0.717, 1.165) is 25.7 Å². The van der Waals surface area contributed by atoms with Crippen molar-refractivity contribution in [1.82, 2.24) is 5.32 Å². The van der Waals surface area contributed by atoms with Crippen LogP contribution in [-0.2, 0) is 4.79 Å². The van der Waals surface area contributed by atoms with Crippen LogP contribution >= 0.6 is 0 Å². The number of rotatable bonds is 3. The van der Waals surface area contributed by atoms with Crippen molar-refractivity contribution in [2.45, 2.75) is 31.7 Å². The summed E-state index contributed by atoms with van der Waals surface area (Å²) in [4.78, 5) is 10.8. The highest BCUT2D eigenvalue weighted by Crippen LogP contribution is 2.23. The van der Waals surface area contributed by atoms with Crippen LogP contribution in [0.3, 0.4) is 0 Å². The van der Waals surface area contributed by atoms with Crippen molar-refractivity contribution < 1.29 is 4.79 Å². The number of primary amides is 1. The number of hydrogen-bond acceptors (Lipinski definition) is 3. The molecule has 0 aromatic heterocycles. The minimum Gasteiger partial charge on any atom is -0.369 e. The third kappa shape index (κ3) is 3.03. The van der Waals surface area contributed by atoms with Crippen LogP contribution in [0.1, 0.15) is 25.7 Å². The van der Waals surface area contributed by atoms with Crippen molar-refractivity contribution >= 4 is 5.91 Å². The van der Waals surface area contributed by atoms with Gasteiger partial charge in [0.1, 0.15) is 0 Å². The highest BCUT2D eigenvalue weighted by Gasteiger charge is 2.23. The summed E-state index contributed by atoms with van der Waals surface area (Å²) in [5.74, 6) is -0.126. The molecule has 0 aliphatic heterocycles. The molecule has 0 spiro atoms. The second-order valence-electron chi connectivity index (χ2n) is 3.49. The third-order valence-corrected chi connectivity index (χ3v) is 2.60. The molecule has 1 aliphatic rings. The molecule has 1 saturated carbocycles. The van der Waals surface area contributed by atoms with Crippen molar-refractivity contribution in [1.29, 1.82) is 5.26 Å². The quantitative estimate of drug-likeness (QED) is 0.608. The van der Waals surface area contributed by atoms with Gasteiger partial charge in [-0.15, -0.1) is 0 Å². The summed E-state index contributed by atoms with van der Waals surface area (Å²) in [6, 6.07) is 2.44. The average Bonchev–Trinajstić information content (AvgIpc) is 2.15. The number of carbonyl (C=O) groups is 1. The molecular formula is C9H15N3O. The molecule has 1 fully saturated rings. The minimum atomic E-state index is -0.182. The fourth-order valence-electron chi connectivity index (χ4n) is 1.77. The van der Waals surface area contributed by atoms with Gasteiger partial charge >= 0.3 is 0 Å². The van der Waals surface area contributed by atoms with Crippen LogP contribution in [0, 0.1) is 17.2 Å². The Hall–Kier alpha value is -1.08. The van der Waals surface area contributed by atoms with Crippen molar-refractivity contribution in [3.63, 3.8) is 0 Å². The molecule has 4 nitrogen and oxygen atoms in total. The third-order valence-electron chi connectivity index (χ3n) is 2.60. The zero-order valence-electron chi connectivity index (χ0n) is 7.62. The number of nitrogens with two attached hydrogens (primary N) is 1. The van der Waals surface area contributed by atoms with Crippen molar-refractivity contribution in [2.75, 3.05) is 6.54 Å². The van der Waals surface area contributed by atoms with Gasteiger partial charge in [0.15, 0.2) is 0 Å². The summed E-state index contributed by atoms with van der Waals surface area (Å²) in [6.45, 7) is 0.395. The molecule has 0 radical (unpaired) electrons. The largest absolute Gasteiger partial charge is 0.369 e. The molecule has 0 atom stereocenters. The Morgan fingerprint density at radius 1 is 1.46 bits per heavy atom. The van der Waals surface area contributed by atoms with Crippen LogP contribution in [0.4, 0.5) is 0 Å². The fraction of sp³-hybridized carbons (Fsp3) is 0.778. The molecule has 0 heterocycles. The van der Waals surface area contributed by atoms with Crippen LogP contribution < -0.4 is 11.1 Å². The Morgan fingerprint density at radius 2 is 2.08 bits per heavy atom.